The van der Waals surface area contributed by atoms with Crippen LogP contribution in [0.4, 0.5) is 0 Å². The zero-order chi connectivity index (χ0) is 29.2. The number of fused-ring (bicyclic) bond motifs is 1. The SMILES string of the molecule is C=CCCCOC(=O)[C@@H]1[C@H]2C(=O)N([C@@H](CO)Cc3ccccc3)C(C(=O)N(CC=C)C(C)(C)C)C23S[C@@H]1CC3C. The number of carbonyl (C=O) groups excluding carboxylic acids is 3. The summed E-state index contributed by atoms with van der Waals surface area (Å²) >= 11 is 1.63. The van der Waals surface area contributed by atoms with Crippen molar-refractivity contribution in [1.29, 1.82) is 0 Å². The minimum atomic E-state index is -0.811. The molecule has 1 aromatic carbocycles. The summed E-state index contributed by atoms with van der Waals surface area (Å²) in [5, 5.41) is 10.6. The van der Waals surface area contributed by atoms with Gasteiger partial charge in [0.25, 0.3) is 0 Å². The molecular weight excluding hydrogens is 524 g/mol. The van der Waals surface area contributed by atoms with Gasteiger partial charge in [-0.15, -0.1) is 24.9 Å². The highest BCUT2D eigenvalue weighted by molar-refractivity contribution is 8.02. The Morgan fingerprint density at radius 3 is 2.55 bits per heavy atom. The molecule has 3 unspecified atom stereocenters. The lowest BCUT2D eigenvalue weighted by Gasteiger charge is -2.45. The average molecular weight is 569 g/mol. The quantitative estimate of drug-likeness (QED) is 0.231. The van der Waals surface area contributed by atoms with Crippen LogP contribution in [0.3, 0.4) is 0 Å². The van der Waals surface area contributed by atoms with Gasteiger partial charge < -0.3 is 19.6 Å². The number of rotatable bonds is 12. The Labute approximate surface area is 243 Å². The van der Waals surface area contributed by atoms with E-state index in [1.807, 2.05) is 51.1 Å². The lowest BCUT2D eigenvalue weighted by atomic mass is 9.66. The first-order valence-electron chi connectivity index (χ1n) is 14.4. The zero-order valence-electron chi connectivity index (χ0n) is 24.3. The van der Waals surface area contributed by atoms with Gasteiger partial charge >= 0.3 is 5.97 Å². The van der Waals surface area contributed by atoms with Gasteiger partial charge in [0.05, 0.1) is 35.8 Å². The Balaban J connectivity index is 1.78. The molecule has 218 valence electrons. The molecule has 3 heterocycles. The molecule has 4 rings (SSSR count). The molecular formula is C32H44N2O5S. The van der Waals surface area contributed by atoms with Gasteiger partial charge in [-0.2, -0.15) is 0 Å². The van der Waals surface area contributed by atoms with Crippen molar-refractivity contribution in [2.45, 2.75) is 81.0 Å². The Bertz CT molecular complexity index is 1120. The second-order valence-corrected chi connectivity index (χ2v) is 13.9. The van der Waals surface area contributed by atoms with Crippen LogP contribution in [0.2, 0.25) is 0 Å². The second kappa shape index (κ2) is 12.1. The number of unbranched alkanes of at least 4 members (excludes halogenated alkanes) is 1. The van der Waals surface area contributed by atoms with E-state index in [1.165, 1.54) is 0 Å². The summed E-state index contributed by atoms with van der Waals surface area (Å²) in [4.78, 5) is 46.1. The normalized spacial score (nSPS) is 29.7. The Morgan fingerprint density at radius 2 is 1.95 bits per heavy atom. The molecule has 0 saturated carbocycles. The summed E-state index contributed by atoms with van der Waals surface area (Å²) < 4.78 is 4.91. The third-order valence-electron chi connectivity index (χ3n) is 8.79. The zero-order valence-corrected chi connectivity index (χ0v) is 25.1. The number of ether oxygens (including phenoxy) is 1. The Hall–Kier alpha value is -2.58. The number of amides is 2. The molecule has 3 aliphatic rings. The van der Waals surface area contributed by atoms with Crippen LogP contribution in [0.5, 0.6) is 0 Å². The van der Waals surface area contributed by atoms with E-state index in [9.17, 15) is 19.5 Å². The summed E-state index contributed by atoms with van der Waals surface area (Å²) in [6.07, 6.45) is 6.06. The number of nitrogens with zero attached hydrogens (tertiary/aromatic N) is 2. The van der Waals surface area contributed by atoms with Crippen molar-refractivity contribution in [2.24, 2.45) is 17.8 Å². The number of carbonyl (C=O) groups is 3. The maximum atomic E-state index is 14.7. The molecule has 8 heteroatoms. The van der Waals surface area contributed by atoms with E-state index in [0.717, 1.165) is 18.4 Å². The van der Waals surface area contributed by atoms with Gasteiger partial charge in [-0.05, 0) is 57.9 Å². The van der Waals surface area contributed by atoms with Gasteiger partial charge in [-0.1, -0.05) is 49.4 Å². The summed E-state index contributed by atoms with van der Waals surface area (Å²) in [5.74, 6) is -2.00. The minimum absolute atomic E-state index is 0.0295. The highest BCUT2D eigenvalue weighted by Crippen LogP contribution is 2.69. The van der Waals surface area contributed by atoms with Crippen LogP contribution in [0.25, 0.3) is 0 Å². The van der Waals surface area contributed by atoms with Gasteiger partial charge in [0.15, 0.2) is 0 Å². The molecule has 7 nitrogen and oxygen atoms in total. The van der Waals surface area contributed by atoms with Crippen molar-refractivity contribution in [3.05, 3.63) is 61.2 Å². The van der Waals surface area contributed by atoms with E-state index in [4.69, 9.17) is 4.74 Å². The monoisotopic (exact) mass is 568 g/mol. The van der Waals surface area contributed by atoms with E-state index in [1.54, 1.807) is 33.7 Å². The highest BCUT2D eigenvalue weighted by atomic mass is 32.2. The maximum absolute atomic E-state index is 14.7. The lowest BCUT2D eigenvalue weighted by molar-refractivity contribution is -0.155. The first-order valence-corrected chi connectivity index (χ1v) is 15.3. The Kier molecular flexibility index (Phi) is 9.20. The van der Waals surface area contributed by atoms with Crippen molar-refractivity contribution in [1.82, 2.24) is 9.80 Å². The molecule has 3 aliphatic heterocycles. The number of hydrogen-bond donors (Lipinski definition) is 1. The standard InChI is InChI=1S/C32H44N2O5S/c1-7-9-13-17-39-30(38)25-24-18-21(3)32(40-24)26(25)28(36)34(23(20-35)19-22-14-11-10-12-15-22)27(32)29(37)33(16-8-2)31(4,5)6/h7-8,10-12,14-15,21,23-27,35H,1-2,9,13,16-20H2,3-6H3/t21?,23-,24-,25+,26+,27?,32?/m1/s1. The molecule has 2 amide bonds. The largest absolute Gasteiger partial charge is 0.465 e. The lowest BCUT2D eigenvalue weighted by Crippen LogP contribution is -2.62. The van der Waals surface area contributed by atoms with Crippen LogP contribution in [-0.2, 0) is 25.5 Å². The summed E-state index contributed by atoms with van der Waals surface area (Å²) in [6.45, 7) is 16.0. The number of thioether (sulfide) groups is 1. The van der Waals surface area contributed by atoms with E-state index in [2.05, 4.69) is 20.1 Å². The van der Waals surface area contributed by atoms with E-state index in [-0.39, 0.29) is 42.2 Å². The van der Waals surface area contributed by atoms with Crippen LogP contribution in [0, 0.1) is 17.8 Å². The van der Waals surface area contributed by atoms with Crippen molar-refractivity contribution in [3.63, 3.8) is 0 Å². The summed E-state index contributed by atoms with van der Waals surface area (Å²) in [5.41, 5.74) is 0.452. The van der Waals surface area contributed by atoms with E-state index in [0.29, 0.717) is 19.4 Å². The number of esters is 1. The molecule has 1 spiro atoms. The highest BCUT2D eigenvalue weighted by Gasteiger charge is 2.77. The second-order valence-electron chi connectivity index (χ2n) is 12.3. The first-order chi connectivity index (χ1) is 19.0. The van der Waals surface area contributed by atoms with E-state index < -0.39 is 34.2 Å². The van der Waals surface area contributed by atoms with Crippen LogP contribution in [-0.4, -0.2) is 80.1 Å². The molecule has 3 fully saturated rings. The van der Waals surface area contributed by atoms with Crippen LogP contribution >= 0.6 is 11.8 Å². The summed E-state index contributed by atoms with van der Waals surface area (Å²) in [7, 11) is 0. The van der Waals surface area contributed by atoms with Crippen LogP contribution in [0.1, 0.15) is 52.5 Å². The fraction of sp³-hybridized carbons (Fsp3) is 0.594. The number of benzene rings is 1. The van der Waals surface area contributed by atoms with Gasteiger partial charge in [0.2, 0.25) is 11.8 Å². The number of aliphatic hydroxyl groups excluding tert-OH is 1. The number of allylic oxidation sites excluding steroid dienone is 1. The molecule has 40 heavy (non-hydrogen) atoms. The van der Waals surface area contributed by atoms with Gasteiger partial charge in [-0.3, -0.25) is 14.4 Å². The van der Waals surface area contributed by atoms with Crippen molar-refractivity contribution >= 4 is 29.5 Å². The predicted molar refractivity (Wildman–Crippen MR) is 159 cm³/mol. The fourth-order valence-electron chi connectivity index (χ4n) is 7.01. The molecule has 1 N–H and O–H groups in total. The predicted octanol–water partition coefficient (Wildman–Crippen LogP) is 4.25. The van der Waals surface area contributed by atoms with Crippen molar-refractivity contribution in [2.75, 3.05) is 19.8 Å². The van der Waals surface area contributed by atoms with Crippen LogP contribution in [0.15, 0.2) is 55.6 Å². The molecule has 0 aliphatic carbocycles. The van der Waals surface area contributed by atoms with E-state index >= 15 is 0 Å². The third-order valence-corrected chi connectivity index (χ3v) is 10.9. The molecule has 7 atom stereocenters. The van der Waals surface area contributed by atoms with Gasteiger partial charge in [0.1, 0.15) is 6.04 Å². The van der Waals surface area contributed by atoms with Crippen LogP contribution < -0.4 is 0 Å². The number of aliphatic hydroxyl groups is 1. The number of hydrogen-bond acceptors (Lipinski definition) is 6. The third kappa shape index (κ3) is 5.25. The maximum Gasteiger partial charge on any atom is 0.310 e. The Morgan fingerprint density at radius 1 is 1.25 bits per heavy atom. The van der Waals surface area contributed by atoms with Gasteiger partial charge in [-0.25, -0.2) is 0 Å². The molecule has 3 saturated heterocycles. The average Bonchev–Trinajstić information content (AvgIpc) is 3.51. The summed E-state index contributed by atoms with van der Waals surface area (Å²) in [6, 6.07) is 8.28. The molecule has 0 aromatic heterocycles. The topological polar surface area (TPSA) is 87.1 Å². The molecule has 2 bridgehead atoms. The van der Waals surface area contributed by atoms with Crippen molar-refractivity contribution < 1.29 is 24.2 Å². The smallest absolute Gasteiger partial charge is 0.310 e. The number of likely N-dealkylation sites (tertiary alicyclic amines) is 1. The fourth-order valence-corrected chi connectivity index (χ4v) is 9.40. The molecule has 1 aromatic rings. The molecule has 0 radical (unpaired) electrons. The first kappa shape index (κ1) is 30.4. The van der Waals surface area contributed by atoms with Crippen molar-refractivity contribution in [3.8, 4) is 0 Å². The van der Waals surface area contributed by atoms with Gasteiger partial charge in [0, 0.05) is 17.3 Å². The minimum Gasteiger partial charge on any atom is -0.465 e.